The van der Waals surface area contributed by atoms with E-state index in [0.29, 0.717) is 0 Å². The first-order valence-corrected chi connectivity index (χ1v) is 11.1. The van der Waals surface area contributed by atoms with Gasteiger partial charge >= 0.3 is 0 Å². The smallest absolute Gasteiger partial charge is 0.185 e. The van der Waals surface area contributed by atoms with Gasteiger partial charge in [-0.3, -0.25) is 0 Å². The second-order valence-electron chi connectivity index (χ2n) is 6.75. The molecule has 0 spiro atoms. The Bertz CT molecular complexity index is 775. The molecule has 3 rings (SSSR count). The van der Waals surface area contributed by atoms with Crippen molar-refractivity contribution in [2.24, 2.45) is 0 Å². The lowest BCUT2D eigenvalue weighted by atomic mass is 9.94. The molecule has 1 aliphatic rings. The first-order chi connectivity index (χ1) is 10.4. The first kappa shape index (κ1) is 15.0. The molecule has 0 radical (unpaired) electrons. The van der Waals surface area contributed by atoms with E-state index in [0.717, 1.165) is 5.56 Å². The van der Waals surface area contributed by atoms with Crippen molar-refractivity contribution < 1.29 is 4.43 Å². The summed E-state index contributed by atoms with van der Waals surface area (Å²) in [7, 11) is -1.72. The predicted octanol–water partition coefficient (Wildman–Crippen LogP) is 3.65. The van der Waals surface area contributed by atoms with E-state index in [4.69, 9.17) is 4.43 Å². The monoisotopic (exact) mass is 306 g/mol. The van der Waals surface area contributed by atoms with Crippen molar-refractivity contribution in [1.29, 1.82) is 0 Å². The Kier molecular flexibility index (Phi) is 3.67. The van der Waals surface area contributed by atoms with Gasteiger partial charge in [0, 0.05) is 0 Å². The lowest BCUT2D eigenvalue weighted by molar-refractivity contribution is 0.200. The average molecular weight is 306 g/mol. The van der Waals surface area contributed by atoms with Gasteiger partial charge in [-0.15, -0.1) is 0 Å². The van der Waals surface area contributed by atoms with Crippen molar-refractivity contribution in [1.82, 2.24) is 0 Å². The molecule has 0 heterocycles. The zero-order chi connectivity index (χ0) is 15.8. The van der Waals surface area contributed by atoms with Crippen molar-refractivity contribution in [3.8, 4) is 0 Å². The highest BCUT2D eigenvalue weighted by Gasteiger charge is 2.35. The fourth-order valence-corrected chi connectivity index (χ4v) is 4.20. The maximum atomic E-state index is 6.63. The Hall–Kier alpha value is -1.90. The molecule has 2 aromatic carbocycles. The molecule has 0 unspecified atom stereocenters. The van der Waals surface area contributed by atoms with Crippen molar-refractivity contribution in [2.45, 2.75) is 25.2 Å². The molecule has 0 amide bonds. The van der Waals surface area contributed by atoms with Crippen LogP contribution in [0.25, 0.3) is 18.2 Å². The van der Waals surface area contributed by atoms with Crippen molar-refractivity contribution in [2.75, 3.05) is 0 Å². The Morgan fingerprint density at radius 2 is 1.45 bits per heavy atom. The van der Waals surface area contributed by atoms with E-state index in [1.165, 1.54) is 16.0 Å². The van der Waals surface area contributed by atoms with Crippen LogP contribution in [0.15, 0.2) is 55.1 Å². The lowest BCUT2D eigenvalue weighted by Crippen LogP contribution is -2.37. The van der Waals surface area contributed by atoms with Gasteiger partial charge in [0.2, 0.25) is 0 Å². The molecule has 0 fully saturated rings. The van der Waals surface area contributed by atoms with Crippen LogP contribution < -0.4 is 10.4 Å². The fourth-order valence-electron chi connectivity index (χ4n) is 2.95. The van der Waals surface area contributed by atoms with E-state index < -0.39 is 13.9 Å². The molecule has 2 aromatic rings. The quantitative estimate of drug-likeness (QED) is 0.784. The highest BCUT2D eigenvalue weighted by atomic mass is 28.4. The minimum atomic E-state index is -1.72. The van der Waals surface area contributed by atoms with E-state index in [1.807, 2.05) is 6.08 Å². The fraction of sp³-hybridized carbons (Fsp3) is 0.200. The van der Waals surface area contributed by atoms with Gasteiger partial charge in [0.15, 0.2) is 8.32 Å². The normalized spacial score (nSPS) is 15.6. The van der Waals surface area contributed by atoms with Gasteiger partial charge in [-0.25, -0.2) is 0 Å². The highest BCUT2D eigenvalue weighted by Crippen LogP contribution is 2.34. The summed E-state index contributed by atoms with van der Waals surface area (Å²) in [6.07, 6.45) is 6.37. The van der Waals surface area contributed by atoms with Gasteiger partial charge in [0.05, 0.1) is 0 Å². The number of hydrogen-bond donors (Lipinski definition) is 0. The SMILES string of the molecule is C=Cc1ccc(C2(O[Si](C)(C)C)C=c3ccccc3=C2)cc1. The Labute approximate surface area is 133 Å². The van der Waals surface area contributed by atoms with Crippen LogP contribution in [0.3, 0.4) is 0 Å². The van der Waals surface area contributed by atoms with Crippen molar-refractivity contribution in [3.63, 3.8) is 0 Å². The second-order valence-corrected chi connectivity index (χ2v) is 11.2. The van der Waals surface area contributed by atoms with Crippen LogP contribution in [0.4, 0.5) is 0 Å². The molecule has 0 saturated heterocycles. The van der Waals surface area contributed by atoms with Gasteiger partial charge in [-0.2, -0.15) is 0 Å². The summed E-state index contributed by atoms with van der Waals surface area (Å²) in [5.74, 6) is 0. The van der Waals surface area contributed by atoms with Gasteiger partial charge < -0.3 is 4.43 Å². The zero-order valence-corrected chi connectivity index (χ0v) is 14.5. The van der Waals surface area contributed by atoms with E-state index in [-0.39, 0.29) is 0 Å². The standard InChI is InChI=1S/C20H22OSi/c1-5-16-10-12-19(13-11-16)20(21-22(2,3)4)14-17-8-6-7-9-18(17)15-20/h5-15H,1H2,2-4H3. The van der Waals surface area contributed by atoms with Crippen LogP contribution in [0.5, 0.6) is 0 Å². The number of hydrogen-bond acceptors (Lipinski definition) is 1. The van der Waals surface area contributed by atoms with Gasteiger partial charge in [0.1, 0.15) is 5.60 Å². The van der Waals surface area contributed by atoms with Crippen LogP contribution in [0.2, 0.25) is 19.6 Å². The molecule has 0 bridgehead atoms. The third-order valence-electron chi connectivity index (χ3n) is 3.81. The molecule has 0 aromatic heterocycles. The number of fused-ring (bicyclic) bond motifs is 1. The van der Waals surface area contributed by atoms with Crippen LogP contribution >= 0.6 is 0 Å². The summed E-state index contributed by atoms with van der Waals surface area (Å²) >= 11 is 0. The third kappa shape index (κ3) is 2.85. The Morgan fingerprint density at radius 3 is 1.91 bits per heavy atom. The van der Waals surface area contributed by atoms with Gasteiger partial charge in [-0.05, 0) is 53.4 Å². The third-order valence-corrected chi connectivity index (χ3v) is 4.76. The van der Waals surface area contributed by atoms with Gasteiger partial charge in [-0.1, -0.05) is 61.2 Å². The number of benzene rings is 2. The van der Waals surface area contributed by atoms with E-state index >= 15 is 0 Å². The maximum Gasteiger partial charge on any atom is 0.185 e. The number of rotatable bonds is 4. The molecule has 0 N–H and O–H groups in total. The van der Waals surface area contributed by atoms with Crippen LogP contribution in [-0.2, 0) is 10.0 Å². The largest absolute Gasteiger partial charge is 0.401 e. The lowest BCUT2D eigenvalue weighted by Gasteiger charge is -2.34. The van der Waals surface area contributed by atoms with Crippen molar-refractivity contribution >= 4 is 26.5 Å². The summed E-state index contributed by atoms with van der Waals surface area (Å²) in [4.78, 5) is 0. The van der Waals surface area contributed by atoms with Crippen molar-refractivity contribution in [3.05, 3.63) is 76.7 Å². The van der Waals surface area contributed by atoms with Crippen LogP contribution in [0.1, 0.15) is 11.1 Å². The second kappa shape index (κ2) is 5.38. The topological polar surface area (TPSA) is 9.23 Å². The summed E-state index contributed by atoms with van der Waals surface area (Å²) in [6.45, 7) is 10.5. The molecular formula is C20H22OSi. The minimum Gasteiger partial charge on any atom is -0.401 e. The van der Waals surface area contributed by atoms with E-state index in [2.05, 4.69) is 86.9 Å². The molecule has 0 aliphatic heterocycles. The Morgan fingerprint density at radius 1 is 0.909 bits per heavy atom. The molecule has 112 valence electrons. The predicted molar refractivity (Wildman–Crippen MR) is 97.3 cm³/mol. The van der Waals surface area contributed by atoms with Crippen LogP contribution in [-0.4, -0.2) is 8.32 Å². The highest BCUT2D eigenvalue weighted by molar-refractivity contribution is 6.70. The molecule has 0 atom stereocenters. The maximum absolute atomic E-state index is 6.63. The molecule has 22 heavy (non-hydrogen) atoms. The van der Waals surface area contributed by atoms with E-state index in [1.54, 1.807) is 0 Å². The summed E-state index contributed by atoms with van der Waals surface area (Å²) in [6, 6.07) is 17.0. The molecule has 2 heteroatoms. The van der Waals surface area contributed by atoms with Gasteiger partial charge in [0.25, 0.3) is 0 Å². The summed E-state index contributed by atoms with van der Waals surface area (Å²) < 4.78 is 6.63. The average Bonchev–Trinajstić information content (AvgIpc) is 2.84. The summed E-state index contributed by atoms with van der Waals surface area (Å²) in [5.41, 5.74) is 1.85. The first-order valence-electron chi connectivity index (χ1n) is 7.66. The van der Waals surface area contributed by atoms with Crippen LogP contribution in [0, 0.1) is 0 Å². The zero-order valence-electron chi connectivity index (χ0n) is 13.5. The minimum absolute atomic E-state index is 0.451. The summed E-state index contributed by atoms with van der Waals surface area (Å²) in [5, 5.41) is 2.49. The Balaban J connectivity index is 2.17. The molecule has 1 nitrogen and oxygen atoms in total. The molecule has 1 aliphatic carbocycles. The molecular weight excluding hydrogens is 284 g/mol. The van der Waals surface area contributed by atoms with E-state index in [9.17, 15) is 0 Å². The molecule has 0 saturated carbocycles.